The summed E-state index contributed by atoms with van der Waals surface area (Å²) in [6, 6.07) is 0. The van der Waals surface area contributed by atoms with E-state index in [-0.39, 0.29) is 75.5 Å². The molecule has 3 aromatic heterocycles. The van der Waals surface area contributed by atoms with Crippen molar-refractivity contribution in [3.8, 4) is 0 Å². The molecular formula is C24H34BrCl2MgN5O8. The molecule has 0 aliphatic heterocycles. The molecule has 0 atom stereocenters. The molecule has 0 aliphatic rings. The monoisotopic (exact) mass is 693 g/mol. The Morgan fingerprint density at radius 3 is 1.68 bits per heavy atom. The fourth-order valence-corrected chi connectivity index (χ4v) is 1.68. The predicted molar refractivity (Wildman–Crippen MR) is 152 cm³/mol. The Kier molecular flexibility index (Phi) is 39.9. The van der Waals surface area contributed by atoms with E-state index in [2.05, 4.69) is 63.4 Å². The van der Waals surface area contributed by atoms with E-state index in [4.69, 9.17) is 11.6 Å². The van der Waals surface area contributed by atoms with Gasteiger partial charge >= 0.3 is 23.1 Å². The number of hydrogen-bond donors (Lipinski definition) is 1. The summed E-state index contributed by atoms with van der Waals surface area (Å²) in [5.74, 6) is -0.333. The summed E-state index contributed by atoms with van der Waals surface area (Å²) in [5, 5.41) is 0.469. The van der Waals surface area contributed by atoms with E-state index in [0.717, 1.165) is 17.9 Å². The van der Waals surface area contributed by atoms with Crippen LogP contribution in [0.5, 0.6) is 0 Å². The number of Topliss-reactive ketones (excluding diaryl/α,β-unsaturated/α-hetero) is 1. The fourth-order valence-electron chi connectivity index (χ4n) is 1.58. The Hall–Kier alpha value is -2.37. The van der Waals surface area contributed by atoms with Crippen molar-refractivity contribution >= 4 is 64.0 Å². The Bertz CT molecular complexity index is 1010. The van der Waals surface area contributed by atoms with Gasteiger partial charge in [0.1, 0.15) is 24.5 Å². The third-order valence-electron chi connectivity index (χ3n) is 3.55. The molecule has 13 nitrogen and oxygen atoms in total. The number of hydrogen-bond acceptors (Lipinski definition) is 12. The zero-order valence-electron chi connectivity index (χ0n) is 23.3. The molecule has 0 spiro atoms. The van der Waals surface area contributed by atoms with Crippen LogP contribution in [0.25, 0.3) is 0 Å². The number of halogens is 3. The number of allylic oxidation sites excluding steroid dienone is 2. The maximum atomic E-state index is 11.1. The first-order valence-corrected chi connectivity index (χ1v) is 11.0. The molecule has 3 aromatic rings. The number of carbonyl (C=O) groups excluding carboxylic acids is 3. The summed E-state index contributed by atoms with van der Waals surface area (Å²) in [4.78, 5) is 52.1. The van der Waals surface area contributed by atoms with Gasteiger partial charge in [-0.05, 0) is 18.0 Å². The zero-order valence-corrected chi connectivity index (χ0v) is 27.9. The van der Waals surface area contributed by atoms with Crippen LogP contribution in [0, 0.1) is 6.92 Å². The van der Waals surface area contributed by atoms with E-state index in [0.29, 0.717) is 18.5 Å². The van der Waals surface area contributed by atoms with E-state index in [1.807, 2.05) is 0 Å². The number of aromatic nitrogens is 3. The van der Waals surface area contributed by atoms with Crippen molar-refractivity contribution in [1.29, 1.82) is 0 Å². The molecule has 17 heteroatoms. The molecule has 0 radical (unpaired) electrons. The Balaban J connectivity index is -0.000000137. The minimum Gasteiger partial charge on any atom is -1.00 e. The average Bonchev–Trinajstić information content (AvgIpc) is 3.75. The van der Waals surface area contributed by atoms with Gasteiger partial charge in [0.15, 0.2) is 36.4 Å². The van der Waals surface area contributed by atoms with Crippen LogP contribution in [-0.4, -0.2) is 88.3 Å². The second-order valence-corrected chi connectivity index (χ2v) is 6.46. The van der Waals surface area contributed by atoms with Gasteiger partial charge in [0.05, 0.1) is 14.2 Å². The minimum atomic E-state index is -0.598. The number of nitrogens with one attached hydrogen (secondary N) is 1. The molecule has 1 N–H and O–H groups in total. The summed E-state index contributed by atoms with van der Waals surface area (Å²) in [7, 11) is 6.18. The van der Waals surface area contributed by atoms with Gasteiger partial charge in [-0.1, -0.05) is 6.08 Å². The van der Waals surface area contributed by atoms with Crippen LogP contribution in [0.4, 0.5) is 0 Å². The van der Waals surface area contributed by atoms with Crippen LogP contribution >= 0.6 is 24.0 Å². The summed E-state index contributed by atoms with van der Waals surface area (Å²) >= 11 is 4.98. The number of nitrogens with zero attached hydrogens (tertiary/aromatic N) is 4. The Morgan fingerprint density at radius 2 is 1.41 bits per heavy atom. The summed E-state index contributed by atoms with van der Waals surface area (Å²) in [5.41, 5.74) is 3.20. The van der Waals surface area contributed by atoms with E-state index in [1.165, 1.54) is 45.7 Å². The minimum absolute atomic E-state index is 0. The standard InChI is InChI=1S/C8H9NO2.C6H8N2O3.C4H2ClNO2.C4H7.C2H7NO.BrH.ClH.Mg/c1-2-3-4-8(10)7-5-11-6-9-7;1-8(10-2)6(9)5-3-11-4-7-5;5-4(7)3-1-8-2-6-3;2*1-3-4-2;;;/h2,5-6H,1,3-4H2;3-4H,1-2H3;1-2H;3H,1-2,4H2;3H,1-2H3;2*1H;/q;;;-1;;;;+2/p-1. The number of carbonyl (C=O) groups is 3. The number of rotatable bonds is 9. The molecule has 41 heavy (non-hydrogen) atoms. The predicted octanol–water partition coefficient (Wildman–Crippen LogP) is 1.39. The van der Waals surface area contributed by atoms with E-state index >= 15 is 0 Å². The molecule has 0 saturated heterocycles. The summed E-state index contributed by atoms with van der Waals surface area (Å²) in [6.45, 7) is 10.4. The Morgan fingerprint density at radius 1 is 1.00 bits per heavy atom. The molecule has 0 aromatic carbocycles. The third-order valence-corrected chi connectivity index (χ3v) is 3.74. The molecule has 0 fully saturated rings. The van der Waals surface area contributed by atoms with Crippen LogP contribution in [0.1, 0.15) is 50.7 Å². The first-order valence-electron chi connectivity index (χ1n) is 10.6. The molecule has 0 saturated carbocycles. The normalized spacial score (nSPS) is 8.24. The molecule has 0 unspecified atom stereocenters. The van der Waals surface area contributed by atoms with Gasteiger partial charge in [-0.3, -0.25) is 19.2 Å². The van der Waals surface area contributed by atoms with Crippen molar-refractivity contribution in [2.75, 3.05) is 28.3 Å². The van der Waals surface area contributed by atoms with Crippen molar-refractivity contribution in [2.45, 2.75) is 19.3 Å². The second-order valence-electron chi connectivity index (χ2n) is 6.12. The van der Waals surface area contributed by atoms with E-state index < -0.39 is 5.24 Å². The van der Waals surface area contributed by atoms with Crippen molar-refractivity contribution < 1.29 is 54.3 Å². The number of ketones is 1. The summed E-state index contributed by atoms with van der Waals surface area (Å²) < 4.78 is 13.7. The smallest absolute Gasteiger partial charge is 1.00 e. The van der Waals surface area contributed by atoms with Gasteiger partial charge in [0.25, 0.3) is 11.1 Å². The summed E-state index contributed by atoms with van der Waals surface area (Å²) in [6.07, 6.45) is 12.8. The van der Waals surface area contributed by atoms with Gasteiger partial charge in [-0.25, -0.2) is 25.5 Å². The topological polar surface area (TPSA) is 163 Å². The molecule has 0 aliphatic carbocycles. The van der Waals surface area contributed by atoms with Crippen molar-refractivity contribution in [3.63, 3.8) is 0 Å². The second kappa shape index (κ2) is 33.8. The largest absolute Gasteiger partial charge is 2.00 e. The van der Waals surface area contributed by atoms with Gasteiger partial charge in [0, 0.05) is 20.5 Å². The fraction of sp³-hybridized carbons (Fsp3) is 0.292. The number of amides is 1. The number of oxazole rings is 3. The van der Waals surface area contributed by atoms with Crippen molar-refractivity contribution in [3.05, 3.63) is 87.3 Å². The maximum absolute atomic E-state index is 11.1. The zero-order chi connectivity index (χ0) is 29.2. The van der Waals surface area contributed by atoms with Crippen molar-refractivity contribution in [1.82, 2.24) is 25.5 Å². The molecule has 3 heterocycles. The number of hydroxylamine groups is 3. The molecular weight excluding hydrogens is 661 g/mol. The van der Waals surface area contributed by atoms with Crippen LogP contribution in [0.3, 0.4) is 0 Å². The van der Waals surface area contributed by atoms with Crippen molar-refractivity contribution in [2.24, 2.45) is 0 Å². The molecule has 3 rings (SSSR count). The first-order chi connectivity index (χ1) is 18.2. The van der Waals surface area contributed by atoms with Crippen LogP contribution in [-0.2, 0) is 9.68 Å². The molecule has 0 bridgehead atoms. The van der Waals surface area contributed by atoms with Gasteiger partial charge in [-0.15, -0.1) is 31.6 Å². The molecule has 226 valence electrons. The van der Waals surface area contributed by atoms with Gasteiger partial charge in [0.2, 0.25) is 0 Å². The van der Waals surface area contributed by atoms with Crippen LogP contribution < -0.4 is 22.5 Å². The quantitative estimate of drug-likeness (QED) is 0.0857. The first kappa shape index (κ1) is 48.4. The Labute approximate surface area is 277 Å². The maximum Gasteiger partial charge on any atom is 2.00 e. The van der Waals surface area contributed by atoms with Crippen LogP contribution in [0.15, 0.2) is 76.5 Å². The molecule has 1 amide bonds. The van der Waals surface area contributed by atoms with Gasteiger partial charge < -0.3 is 42.0 Å². The third kappa shape index (κ3) is 26.3. The van der Waals surface area contributed by atoms with Crippen LogP contribution in [0.2, 0.25) is 0 Å². The van der Waals surface area contributed by atoms with E-state index in [1.54, 1.807) is 26.3 Å². The van der Waals surface area contributed by atoms with E-state index in [9.17, 15) is 14.4 Å². The SMILES string of the molecule is C=CCCC(=O)c1cocn1.C=CC[CH2-].CNOC.CON(C)C(=O)c1cocn1.Cl.O=C(Cl)c1cocn1.[Br-].[Mg+2]. The average molecular weight is 696 g/mol. The van der Waals surface area contributed by atoms with Gasteiger partial charge in [-0.2, -0.15) is 6.42 Å².